The highest BCUT2D eigenvalue weighted by molar-refractivity contribution is 7.16. The Labute approximate surface area is 84.2 Å². The molecule has 1 aromatic rings. The first-order valence-electron chi connectivity index (χ1n) is 4.78. The van der Waals surface area contributed by atoms with Gasteiger partial charge in [0, 0.05) is 19.6 Å². The van der Waals surface area contributed by atoms with Crippen molar-refractivity contribution in [1.82, 2.24) is 0 Å². The van der Waals surface area contributed by atoms with Gasteiger partial charge in [-0.15, -0.1) is 9.24 Å². The normalized spacial score (nSPS) is 16.2. The molecule has 1 aliphatic heterocycles. The van der Waals surface area contributed by atoms with Gasteiger partial charge in [0.1, 0.15) is 11.4 Å². The van der Waals surface area contributed by atoms with Crippen molar-refractivity contribution in [2.24, 2.45) is 0 Å². The molecule has 0 fully saturated rings. The van der Waals surface area contributed by atoms with Gasteiger partial charge in [0.2, 0.25) is 0 Å². The molecule has 0 bridgehead atoms. The highest BCUT2D eigenvalue weighted by atomic mass is 31.0. The summed E-state index contributed by atoms with van der Waals surface area (Å²) in [7, 11) is 2.63. The number of rotatable bonds is 2. The van der Waals surface area contributed by atoms with Crippen LogP contribution in [-0.4, -0.2) is 25.8 Å². The van der Waals surface area contributed by atoms with E-state index in [1.54, 1.807) is 0 Å². The molecule has 1 heterocycles. The zero-order valence-electron chi connectivity index (χ0n) is 7.88. The minimum atomic E-state index is -0.351. The van der Waals surface area contributed by atoms with Crippen molar-refractivity contribution in [3.8, 4) is 0 Å². The molecule has 0 amide bonds. The zero-order chi connectivity index (χ0) is 10.1. The summed E-state index contributed by atoms with van der Waals surface area (Å²) >= 11 is 0. The van der Waals surface area contributed by atoms with E-state index in [-0.39, 0.29) is 10.9 Å². The van der Waals surface area contributed by atoms with Crippen molar-refractivity contribution in [1.29, 1.82) is 0 Å². The van der Waals surface area contributed by atoms with Crippen LogP contribution in [0.5, 0.6) is 0 Å². The SMILES string of the molecule is O=c1c2c(c1=O)N(CCP)CCCN2. The van der Waals surface area contributed by atoms with Crippen LogP contribution >= 0.6 is 9.24 Å². The van der Waals surface area contributed by atoms with Gasteiger partial charge in [-0.1, -0.05) is 0 Å². The van der Waals surface area contributed by atoms with Gasteiger partial charge in [-0.2, -0.15) is 0 Å². The molecular formula is C9H13N2O2P. The molecule has 0 saturated heterocycles. The summed E-state index contributed by atoms with van der Waals surface area (Å²) in [5, 5.41) is 3.01. The Balaban J connectivity index is 2.34. The van der Waals surface area contributed by atoms with Gasteiger partial charge in [-0.05, 0) is 12.6 Å². The van der Waals surface area contributed by atoms with Crippen LogP contribution in [0.25, 0.3) is 0 Å². The maximum Gasteiger partial charge on any atom is 0.253 e. The van der Waals surface area contributed by atoms with Crippen molar-refractivity contribution in [2.45, 2.75) is 6.42 Å². The molecule has 0 aliphatic carbocycles. The van der Waals surface area contributed by atoms with Crippen LogP contribution in [0, 0.1) is 0 Å². The molecule has 1 unspecified atom stereocenters. The van der Waals surface area contributed by atoms with Crippen molar-refractivity contribution < 1.29 is 0 Å². The first-order valence-corrected chi connectivity index (χ1v) is 5.59. The Bertz CT molecular complexity index is 409. The second-order valence-corrected chi connectivity index (χ2v) is 4.02. The number of fused-ring (bicyclic) bond motifs is 1. The number of nitrogens with one attached hydrogen (secondary N) is 1. The smallest absolute Gasteiger partial charge is 0.253 e. The van der Waals surface area contributed by atoms with E-state index in [2.05, 4.69) is 14.6 Å². The van der Waals surface area contributed by atoms with Crippen molar-refractivity contribution >= 4 is 20.6 Å². The molecule has 2 rings (SSSR count). The number of hydrogen-bond acceptors (Lipinski definition) is 4. The third-order valence-electron chi connectivity index (χ3n) is 2.51. The molecular weight excluding hydrogens is 199 g/mol. The fraction of sp³-hybridized carbons (Fsp3) is 0.556. The monoisotopic (exact) mass is 212 g/mol. The Hall–Kier alpha value is -0.890. The molecule has 1 atom stereocenters. The summed E-state index contributed by atoms with van der Waals surface area (Å²) in [6.07, 6.45) is 1.89. The van der Waals surface area contributed by atoms with E-state index in [9.17, 15) is 9.59 Å². The van der Waals surface area contributed by atoms with E-state index in [4.69, 9.17) is 0 Å². The van der Waals surface area contributed by atoms with Crippen LogP contribution in [0.4, 0.5) is 11.4 Å². The van der Waals surface area contributed by atoms with Gasteiger partial charge in [0.05, 0.1) is 0 Å². The molecule has 0 aromatic heterocycles. The Morgan fingerprint density at radius 2 is 2.14 bits per heavy atom. The summed E-state index contributed by atoms with van der Waals surface area (Å²) < 4.78 is 0. The lowest BCUT2D eigenvalue weighted by Crippen LogP contribution is -2.41. The maximum atomic E-state index is 11.3. The van der Waals surface area contributed by atoms with Crippen LogP contribution in [0.3, 0.4) is 0 Å². The molecule has 5 heteroatoms. The molecule has 76 valence electrons. The maximum absolute atomic E-state index is 11.3. The first kappa shape index (κ1) is 9.66. The number of hydrogen-bond donors (Lipinski definition) is 1. The second kappa shape index (κ2) is 3.70. The molecule has 0 saturated carbocycles. The summed E-state index contributed by atoms with van der Waals surface area (Å²) in [6, 6.07) is 0. The van der Waals surface area contributed by atoms with E-state index in [0.717, 1.165) is 32.2 Å². The second-order valence-electron chi connectivity index (χ2n) is 3.44. The van der Waals surface area contributed by atoms with Crippen LogP contribution < -0.4 is 21.1 Å². The average molecular weight is 212 g/mol. The standard InChI is InChI=1S/C9H13N2O2P/c12-8-6-7(9(8)13)11(4-5-14)3-1-2-10-6/h10H,1-5,14H2. The largest absolute Gasteiger partial charge is 0.380 e. The van der Waals surface area contributed by atoms with E-state index < -0.39 is 0 Å². The molecule has 1 aliphatic rings. The van der Waals surface area contributed by atoms with Crippen LogP contribution in [0.1, 0.15) is 6.42 Å². The molecule has 4 nitrogen and oxygen atoms in total. The van der Waals surface area contributed by atoms with Gasteiger partial charge in [-0.25, -0.2) is 0 Å². The molecule has 0 spiro atoms. The van der Waals surface area contributed by atoms with Crippen LogP contribution in [0.15, 0.2) is 9.59 Å². The highest BCUT2D eigenvalue weighted by Crippen LogP contribution is 2.22. The Kier molecular flexibility index (Phi) is 2.55. The molecule has 1 N–H and O–H groups in total. The summed E-state index contributed by atoms with van der Waals surface area (Å²) in [4.78, 5) is 24.5. The topological polar surface area (TPSA) is 49.4 Å². The predicted molar refractivity (Wildman–Crippen MR) is 61.3 cm³/mol. The van der Waals surface area contributed by atoms with Crippen molar-refractivity contribution in [3.63, 3.8) is 0 Å². The fourth-order valence-electron chi connectivity index (χ4n) is 1.82. The number of anilines is 2. The minimum Gasteiger partial charge on any atom is -0.380 e. The van der Waals surface area contributed by atoms with E-state index in [0.29, 0.717) is 11.4 Å². The fourth-order valence-corrected chi connectivity index (χ4v) is 2.13. The lowest BCUT2D eigenvalue weighted by atomic mass is 10.2. The third kappa shape index (κ3) is 1.34. The van der Waals surface area contributed by atoms with Gasteiger partial charge >= 0.3 is 0 Å². The highest BCUT2D eigenvalue weighted by Gasteiger charge is 2.26. The number of nitrogens with zero attached hydrogens (tertiary/aromatic N) is 1. The zero-order valence-corrected chi connectivity index (χ0v) is 9.03. The summed E-state index contributed by atoms with van der Waals surface area (Å²) in [6.45, 7) is 2.47. The Morgan fingerprint density at radius 1 is 1.36 bits per heavy atom. The quantitative estimate of drug-likeness (QED) is 0.544. The minimum absolute atomic E-state index is 0.326. The van der Waals surface area contributed by atoms with E-state index in [1.807, 2.05) is 4.90 Å². The Morgan fingerprint density at radius 3 is 2.86 bits per heavy atom. The molecule has 1 aromatic carbocycles. The average Bonchev–Trinajstić information content (AvgIpc) is 2.38. The molecule has 0 radical (unpaired) electrons. The van der Waals surface area contributed by atoms with Crippen molar-refractivity contribution in [2.75, 3.05) is 36.0 Å². The molecule has 14 heavy (non-hydrogen) atoms. The summed E-state index contributed by atoms with van der Waals surface area (Å²) in [5.74, 6) is 0. The van der Waals surface area contributed by atoms with Gasteiger partial charge in [0.25, 0.3) is 10.9 Å². The third-order valence-corrected chi connectivity index (χ3v) is 2.77. The summed E-state index contributed by atoms with van der Waals surface area (Å²) in [5.41, 5.74) is 0.462. The lowest BCUT2D eigenvalue weighted by molar-refractivity contribution is 0.787. The van der Waals surface area contributed by atoms with Gasteiger partial charge in [-0.3, -0.25) is 9.59 Å². The predicted octanol–water partition coefficient (Wildman–Crippen LogP) is -0.220. The van der Waals surface area contributed by atoms with Gasteiger partial charge < -0.3 is 10.2 Å². The lowest BCUT2D eigenvalue weighted by Gasteiger charge is -2.23. The van der Waals surface area contributed by atoms with Gasteiger partial charge in [0.15, 0.2) is 0 Å². The first-order chi connectivity index (χ1) is 6.75. The van der Waals surface area contributed by atoms with Crippen LogP contribution in [0.2, 0.25) is 0 Å². The van der Waals surface area contributed by atoms with E-state index in [1.165, 1.54) is 0 Å². The van der Waals surface area contributed by atoms with Crippen molar-refractivity contribution in [3.05, 3.63) is 20.4 Å². The van der Waals surface area contributed by atoms with E-state index >= 15 is 0 Å². The van der Waals surface area contributed by atoms with Crippen LogP contribution in [-0.2, 0) is 0 Å².